The highest BCUT2D eigenvalue weighted by atomic mass is 79.9. The minimum atomic E-state index is -0.607. The van der Waals surface area contributed by atoms with Crippen LogP contribution in [0.1, 0.15) is 11.1 Å². The number of halogens is 2. The number of nitrogens with zero attached hydrogens (tertiary/aromatic N) is 1. The van der Waals surface area contributed by atoms with Crippen LogP contribution in [0, 0.1) is 12.7 Å². The molecule has 0 atom stereocenters. The van der Waals surface area contributed by atoms with E-state index < -0.39 is 11.8 Å². The fourth-order valence-corrected chi connectivity index (χ4v) is 2.89. The molecule has 0 saturated carbocycles. The molecule has 2 aromatic carbocycles. The minimum absolute atomic E-state index is 0.0445. The first-order valence-corrected chi connectivity index (χ1v) is 9.73. The van der Waals surface area contributed by atoms with Gasteiger partial charge in [0, 0.05) is 34.3 Å². The molecule has 3 aromatic rings. The lowest BCUT2D eigenvalue weighted by Crippen LogP contribution is -2.20. The normalized spacial score (nSPS) is 10.6. The molecule has 3 amide bonds. The molecule has 30 heavy (non-hydrogen) atoms. The van der Waals surface area contributed by atoms with E-state index in [1.165, 1.54) is 24.3 Å². The molecule has 0 saturated heterocycles. The number of hydrogen-bond donors (Lipinski definition) is 3. The van der Waals surface area contributed by atoms with Crippen LogP contribution >= 0.6 is 15.9 Å². The molecule has 0 radical (unpaired) electrons. The van der Waals surface area contributed by atoms with Crippen molar-refractivity contribution < 1.29 is 14.0 Å². The van der Waals surface area contributed by atoms with Crippen molar-refractivity contribution in [2.24, 2.45) is 0 Å². The Morgan fingerprint density at radius 2 is 1.87 bits per heavy atom. The number of anilines is 3. The Morgan fingerprint density at radius 1 is 1.03 bits per heavy atom. The first-order valence-electron chi connectivity index (χ1n) is 8.93. The summed E-state index contributed by atoms with van der Waals surface area (Å²) in [5.41, 5.74) is 2.66. The zero-order chi connectivity index (χ0) is 21.5. The van der Waals surface area contributed by atoms with Crippen molar-refractivity contribution >= 4 is 51.0 Å². The second-order valence-electron chi connectivity index (χ2n) is 6.34. The Balaban J connectivity index is 1.65. The summed E-state index contributed by atoms with van der Waals surface area (Å²) in [5.74, 6) is -0.870. The van der Waals surface area contributed by atoms with Crippen molar-refractivity contribution in [3.8, 4) is 0 Å². The number of aryl methyl sites for hydroxylation is 1. The smallest absolute Gasteiger partial charge is 0.322 e. The third kappa shape index (κ3) is 5.99. The molecular formula is C22H18BrFN4O2. The zero-order valence-corrected chi connectivity index (χ0v) is 17.5. The molecule has 6 nitrogen and oxygen atoms in total. The lowest BCUT2D eigenvalue weighted by Gasteiger charge is -2.12. The molecule has 1 aromatic heterocycles. The van der Waals surface area contributed by atoms with Crippen molar-refractivity contribution in [3.63, 3.8) is 0 Å². The van der Waals surface area contributed by atoms with Crippen LogP contribution in [0.15, 0.2) is 71.5 Å². The summed E-state index contributed by atoms with van der Waals surface area (Å²) in [7, 11) is 0. The van der Waals surface area contributed by atoms with Gasteiger partial charge in [0.05, 0.1) is 5.69 Å². The van der Waals surface area contributed by atoms with E-state index in [0.717, 1.165) is 11.1 Å². The molecule has 1 heterocycles. The highest BCUT2D eigenvalue weighted by Gasteiger charge is 2.09. The topological polar surface area (TPSA) is 83.1 Å². The third-order valence-electron chi connectivity index (χ3n) is 4.04. The van der Waals surface area contributed by atoms with Gasteiger partial charge in [-0.1, -0.05) is 28.1 Å². The number of rotatable bonds is 5. The van der Waals surface area contributed by atoms with Crippen LogP contribution in [0.3, 0.4) is 0 Å². The highest BCUT2D eigenvalue weighted by Crippen LogP contribution is 2.22. The number of amides is 3. The highest BCUT2D eigenvalue weighted by molar-refractivity contribution is 9.10. The van der Waals surface area contributed by atoms with E-state index in [0.29, 0.717) is 15.8 Å². The number of benzene rings is 2. The monoisotopic (exact) mass is 468 g/mol. The predicted octanol–water partition coefficient (Wildman–Crippen LogP) is 5.59. The van der Waals surface area contributed by atoms with Crippen LogP contribution in [-0.2, 0) is 4.79 Å². The molecule has 0 aliphatic heterocycles. The van der Waals surface area contributed by atoms with E-state index in [1.807, 2.05) is 13.0 Å². The van der Waals surface area contributed by atoms with E-state index in [4.69, 9.17) is 0 Å². The first kappa shape index (κ1) is 21.2. The molecular weight excluding hydrogens is 451 g/mol. The average Bonchev–Trinajstić information content (AvgIpc) is 2.72. The molecule has 0 aliphatic carbocycles. The Hall–Kier alpha value is -3.52. The summed E-state index contributed by atoms with van der Waals surface area (Å²) in [6, 6.07) is 12.3. The van der Waals surface area contributed by atoms with Crippen LogP contribution in [0.2, 0.25) is 0 Å². The number of aromatic nitrogens is 1. The summed E-state index contributed by atoms with van der Waals surface area (Å²) >= 11 is 3.23. The Labute approximate surface area is 181 Å². The molecule has 0 bridgehead atoms. The minimum Gasteiger partial charge on any atom is -0.322 e. The van der Waals surface area contributed by atoms with Crippen molar-refractivity contribution in [3.05, 3.63) is 88.4 Å². The Kier molecular flexibility index (Phi) is 6.92. The van der Waals surface area contributed by atoms with Gasteiger partial charge in [-0.15, -0.1) is 0 Å². The number of pyridine rings is 1. The largest absolute Gasteiger partial charge is 0.323 e. The molecule has 0 aliphatic rings. The fraction of sp³-hybridized carbons (Fsp3) is 0.0455. The number of carbonyl (C=O) groups is 2. The van der Waals surface area contributed by atoms with Gasteiger partial charge in [0.25, 0.3) is 0 Å². The van der Waals surface area contributed by atoms with Crippen LogP contribution in [-0.4, -0.2) is 16.9 Å². The molecule has 0 spiro atoms. The third-order valence-corrected chi connectivity index (χ3v) is 4.53. The summed E-state index contributed by atoms with van der Waals surface area (Å²) in [6.07, 6.45) is 6.35. The lowest BCUT2D eigenvalue weighted by atomic mass is 10.1. The van der Waals surface area contributed by atoms with Crippen molar-refractivity contribution in [1.82, 2.24) is 4.98 Å². The van der Waals surface area contributed by atoms with E-state index in [1.54, 1.807) is 42.7 Å². The number of carbonyl (C=O) groups excluding carboxylic acids is 2. The van der Waals surface area contributed by atoms with E-state index in [9.17, 15) is 14.0 Å². The summed E-state index contributed by atoms with van der Waals surface area (Å²) in [6.45, 7) is 1.83. The second-order valence-corrected chi connectivity index (χ2v) is 7.26. The fourth-order valence-electron chi connectivity index (χ4n) is 2.53. The second kappa shape index (κ2) is 9.80. The van der Waals surface area contributed by atoms with Crippen LogP contribution in [0.25, 0.3) is 6.08 Å². The molecule has 152 valence electrons. The zero-order valence-electron chi connectivity index (χ0n) is 15.9. The van der Waals surface area contributed by atoms with Crippen molar-refractivity contribution in [1.29, 1.82) is 0 Å². The van der Waals surface area contributed by atoms with Gasteiger partial charge in [-0.2, -0.15) is 0 Å². The molecule has 0 fully saturated rings. The predicted molar refractivity (Wildman–Crippen MR) is 120 cm³/mol. The number of urea groups is 1. The van der Waals surface area contributed by atoms with Crippen molar-refractivity contribution in [2.75, 3.05) is 16.0 Å². The van der Waals surface area contributed by atoms with E-state index in [2.05, 4.69) is 36.9 Å². The van der Waals surface area contributed by atoms with Gasteiger partial charge in [0.15, 0.2) is 0 Å². The molecule has 3 N–H and O–H groups in total. The van der Waals surface area contributed by atoms with Gasteiger partial charge in [-0.05, 0) is 60.5 Å². The Bertz CT molecular complexity index is 1100. The molecule has 8 heteroatoms. The first-order chi connectivity index (χ1) is 14.4. The van der Waals surface area contributed by atoms with Crippen LogP contribution in [0.4, 0.5) is 26.2 Å². The maximum Gasteiger partial charge on any atom is 0.323 e. The summed E-state index contributed by atoms with van der Waals surface area (Å²) < 4.78 is 14.4. The summed E-state index contributed by atoms with van der Waals surface area (Å²) in [5, 5.41) is 7.86. The maximum absolute atomic E-state index is 13.8. The van der Waals surface area contributed by atoms with Gasteiger partial charge in [-0.3, -0.25) is 9.78 Å². The molecule has 3 rings (SSSR count). The SMILES string of the molecule is Cc1ccc(NC(=O)Nc2cc(Br)ccc2F)cc1NC(=O)/C=C/c1cccnc1. The molecule has 0 unspecified atom stereocenters. The Morgan fingerprint density at radius 3 is 2.63 bits per heavy atom. The van der Waals surface area contributed by atoms with Gasteiger partial charge in [0.2, 0.25) is 5.91 Å². The van der Waals surface area contributed by atoms with Gasteiger partial charge in [0.1, 0.15) is 5.82 Å². The number of hydrogen-bond acceptors (Lipinski definition) is 3. The number of nitrogens with one attached hydrogen (secondary N) is 3. The van der Waals surface area contributed by atoms with E-state index in [-0.39, 0.29) is 11.6 Å². The summed E-state index contributed by atoms with van der Waals surface area (Å²) in [4.78, 5) is 28.4. The van der Waals surface area contributed by atoms with E-state index >= 15 is 0 Å². The van der Waals surface area contributed by atoms with Crippen LogP contribution in [0.5, 0.6) is 0 Å². The van der Waals surface area contributed by atoms with Crippen molar-refractivity contribution in [2.45, 2.75) is 6.92 Å². The van der Waals surface area contributed by atoms with Crippen LogP contribution < -0.4 is 16.0 Å². The maximum atomic E-state index is 13.8. The standard InChI is InChI=1S/C22H18BrFN4O2/c1-14-4-7-17(26-22(30)28-20-11-16(23)6-8-18(20)24)12-19(14)27-21(29)9-5-15-3-2-10-25-13-15/h2-13H,1H3,(H,27,29)(H2,26,28,30)/b9-5+. The average molecular weight is 469 g/mol. The van der Waals surface area contributed by atoms with Gasteiger partial charge >= 0.3 is 6.03 Å². The van der Waals surface area contributed by atoms with Gasteiger partial charge in [-0.25, -0.2) is 9.18 Å². The lowest BCUT2D eigenvalue weighted by molar-refractivity contribution is -0.111. The quantitative estimate of drug-likeness (QED) is 0.426. The van der Waals surface area contributed by atoms with Gasteiger partial charge < -0.3 is 16.0 Å².